The monoisotopic (exact) mass is 375 g/mol. The molecule has 0 aliphatic heterocycles. The predicted molar refractivity (Wildman–Crippen MR) is 102 cm³/mol. The van der Waals surface area contributed by atoms with E-state index in [1.807, 2.05) is 6.07 Å². The van der Waals surface area contributed by atoms with E-state index < -0.39 is 11.5 Å². The molecule has 7 heteroatoms. The average Bonchev–Trinajstić information content (AvgIpc) is 2.74. The van der Waals surface area contributed by atoms with E-state index in [1.54, 1.807) is 61.5 Å². The number of rotatable bonds is 5. The number of hydrogen-bond acceptors (Lipinski definition) is 6. The first-order valence-corrected chi connectivity index (χ1v) is 8.55. The van der Waals surface area contributed by atoms with Crippen molar-refractivity contribution < 1.29 is 14.3 Å². The summed E-state index contributed by atoms with van der Waals surface area (Å²) in [4.78, 5) is 25.5. The third-order valence-corrected chi connectivity index (χ3v) is 4.05. The molecule has 0 amide bonds. The summed E-state index contributed by atoms with van der Waals surface area (Å²) in [6.45, 7) is 1.81. The SMILES string of the molecule is CCOC(=O)c1nn(-c2ccc(OC)cc2)c(=O)c(C#N)c1-c1ccccc1. The van der Waals surface area contributed by atoms with Crippen LogP contribution >= 0.6 is 0 Å². The van der Waals surface area contributed by atoms with Gasteiger partial charge in [-0.3, -0.25) is 4.79 Å². The highest BCUT2D eigenvalue weighted by molar-refractivity contribution is 5.96. The smallest absolute Gasteiger partial charge is 0.359 e. The van der Waals surface area contributed by atoms with Gasteiger partial charge in [0.1, 0.15) is 17.4 Å². The van der Waals surface area contributed by atoms with Crippen LogP contribution in [0.15, 0.2) is 59.4 Å². The number of hydrogen-bond donors (Lipinski definition) is 0. The maximum atomic E-state index is 13.0. The largest absolute Gasteiger partial charge is 0.497 e. The lowest BCUT2D eigenvalue weighted by molar-refractivity contribution is 0.0518. The van der Waals surface area contributed by atoms with Crippen molar-refractivity contribution in [1.82, 2.24) is 9.78 Å². The number of benzene rings is 2. The zero-order valence-corrected chi connectivity index (χ0v) is 15.4. The van der Waals surface area contributed by atoms with Crippen molar-refractivity contribution in [3.8, 4) is 28.6 Å². The van der Waals surface area contributed by atoms with Gasteiger partial charge in [-0.1, -0.05) is 30.3 Å². The number of esters is 1. The fourth-order valence-corrected chi connectivity index (χ4v) is 2.76. The molecule has 0 bridgehead atoms. The van der Waals surface area contributed by atoms with Crippen LogP contribution in [0.3, 0.4) is 0 Å². The minimum atomic E-state index is -0.708. The lowest BCUT2D eigenvalue weighted by atomic mass is 9.99. The third kappa shape index (κ3) is 3.48. The van der Waals surface area contributed by atoms with Crippen LogP contribution in [0, 0.1) is 11.3 Å². The molecule has 0 saturated heterocycles. The van der Waals surface area contributed by atoms with Gasteiger partial charge in [0.25, 0.3) is 5.56 Å². The second-order valence-corrected chi connectivity index (χ2v) is 5.71. The van der Waals surface area contributed by atoms with Crippen LogP contribution in [0.2, 0.25) is 0 Å². The van der Waals surface area contributed by atoms with Gasteiger partial charge in [0.15, 0.2) is 5.69 Å². The molecule has 2 aromatic carbocycles. The Morgan fingerprint density at radius 3 is 2.39 bits per heavy atom. The predicted octanol–water partition coefficient (Wildman–Crippen LogP) is 2.96. The van der Waals surface area contributed by atoms with Crippen LogP contribution in [-0.2, 0) is 4.74 Å². The Balaban J connectivity index is 2.32. The van der Waals surface area contributed by atoms with Crippen LogP contribution in [-0.4, -0.2) is 29.5 Å². The fourth-order valence-electron chi connectivity index (χ4n) is 2.76. The van der Waals surface area contributed by atoms with Crippen LogP contribution in [0.25, 0.3) is 16.8 Å². The average molecular weight is 375 g/mol. The maximum absolute atomic E-state index is 13.0. The molecule has 3 aromatic rings. The minimum Gasteiger partial charge on any atom is -0.497 e. The summed E-state index contributed by atoms with van der Waals surface area (Å²) in [6.07, 6.45) is 0. The number of carbonyl (C=O) groups excluding carboxylic acids is 1. The second-order valence-electron chi connectivity index (χ2n) is 5.71. The zero-order valence-electron chi connectivity index (χ0n) is 15.4. The van der Waals surface area contributed by atoms with Gasteiger partial charge in [0, 0.05) is 5.56 Å². The molecule has 7 nitrogen and oxygen atoms in total. The van der Waals surface area contributed by atoms with Gasteiger partial charge in [0.05, 0.1) is 19.4 Å². The number of nitrogens with zero attached hydrogens (tertiary/aromatic N) is 3. The summed E-state index contributed by atoms with van der Waals surface area (Å²) in [5.74, 6) is -0.107. The van der Waals surface area contributed by atoms with Gasteiger partial charge in [-0.25, -0.2) is 4.79 Å². The van der Waals surface area contributed by atoms with Crippen molar-refractivity contribution in [2.75, 3.05) is 13.7 Å². The molecule has 0 aliphatic carbocycles. The zero-order chi connectivity index (χ0) is 20.1. The number of ether oxygens (including phenoxy) is 2. The van der Waals surface area contributed by atoms with E-state index in [4.69, 9.17) is 9.47 Å². The molecule has 0 aliphatic rings. The second kappa shape index (κ2) is 8.18. The fraction of sp³-hybridized carbons (Fsp3) is 0.143. The van der Waals surface area contributed by atoms with Crippen molar-refractivity contribution in [3.05, 3.63) is 76.2 Å². The lowest BCUT2D eigenvalue weighted by Crippen LogP contribution is -2.28. The van der Waals surface area contributed by atoms with Crippen molar-refractivity contribution in [1.29, 1.82) is 5.26 Å². The highest BCUT2D eigenvalue weighted by atomic mass is 16.5. The molecular formula is C21H17N3O4. The van der Waals surface area contributed by atoms with E-state index in [-0.39, 0.29) is 23.4 Å². The summed E-state index contributed by atoms with van der Waals surface area (Å²) < 4.78 is 11.3. The van der Waals surface area contributed by atoms with E-state index in [9.17, 15) is 14.9 Å². The molecule has 0 radical (unpaired) electrons. The van der Waals surface area contributed by atoms with Crippen molar-refractivity contribution in [2.24, 2.45) is 0 Å². The summed E-state index contributed by atoms with van der Waals surface area (Å²) in [5.41, 5.74) is 0.192. The first kappa shape index (κ1) is 18.9. The molecule has 0 unspecified atom stereocenters. The number of aromatic nitrogens is 2. The van der Waals surface area contributed by atoms with Gasteiger partial charge in [0.2, 0.25) is 0 Å². The summed E-state index contributed by atoms with van der Waals surface area (Å²) >= 11 is 0. The van der Waals surface area contributed by atoms with Crippen LogP contribution < -0.4 is 10.3 Å². The van der Waals surface area contributed by atoms with E-state index in [1.165, 1.54) is 7.11 Å². The Morgan fingerprint density at radius 2 is 1.82 bits per heavy atom. The molecule has 1 aromatic heterocycles. The standard InChI is InChI=1S/C21H17N3O4/c1-3-28-21(26)19-18(14-7-5-4-6-8-14)17(13-22)20(25)24(23-19)15-9-11-16(27-2)12-10-15/h4-12H,3H2,1-2H3. The first-order valence-electron chi connectivity index (χ1n) is 8.55. The molecule has 140 valence electrons. The number of methoxy groups -OCH3 is 1. The third-order valence-electron chi connectivity index (χ3n) is 4.05. The van der Waals surface area contributed by atoms with Gasteiger partial charge < -0.3 is 9.47 Å². The number of carbonyl (C=O) groups is 1. The van der Waals surface area contributed by atoms with Gasteiger partial charge in [-0.05, 0) is 36.8 Å². The van der Waals surface area contributed by atoms with E-state index in [2.05, 4.69) is 5.10 Å². The maximum Gasteiger partial charge on any atom is 0.359 e. The van der Waals surface area contributed by atoms with Crippen LogP contribution in [0.5, 0.6) is 5.75 Å². The highest BCUT2D eigenvalue weighted by Gasteiger charge is 2.25. The molecule has 0 saturated carbocycles. The number of nitriles is 1. The topological polar surface area (TPSA) is 94.2 Å². The van der Waals surface area contributed by atoms with Crippen molar-refractivity contribution in [3.63, 3.8) is 0 Å². The van der Waals surface area contributed by atoms with Gasteiger partial charge >= 0.3 is 5.97 Å². The molecular weight excluding hydrogens is 358 g/mol. The minimum absolute atomic E-state index is 0.0972. The van der Waals surface area contributed by atoms with Gasteiger partial charge in [-0.15, -0.1) is 0 Å². The summed E-state index contributed by atoms with van der Waals surface area (Å²) in [5, 5.41) is 13.9. The van der Waals surface area contributed by atoms with Crippen molar-refractivity contribution in [2.45, 2.75) is 6.92 Å². The Kier molecular flexibility index (Phi) is 5.51. The molecule has 1 heterocycles. The Labute approximate surface area is 161 Å². The summed E-state index contributed by atoms with van der Waals surface area (Å²) in [7, 11) is 1.53. The van der Waals surface area contributed by atoms with Crippen LogP contribution in [0.1, 0.15) is 23.0 Å². The Hall–Kier alpha value is -3.92. The molecule has 0 N–H and O–H groups in total. The quantitative estimate of drug-likeness (QED) is 0.637. The molecule has 3 rings (SSSR count). The van der Waals surface area contributed by atoms with Crippen LogP contribution in [0.4, 0.5) is 0 Å². The van der Waals surface area contributed by atoms with E-state index in [0.29, 0.717) is 17.0 Å². The van der Waals surface area contributed by atoms with E-state index in [0.717, 1.165) is 4.68 Å². The van der Waals surface area contributed by atoms with E-state index >= 15 is 0 Å². The molecule has 0 fully saturated rings. The lowest BCUT2D eigenvalue weighted by Gasteiger charge is -2.13. The highest BCUT2D eigenvalue weighted by Crippen LogP contribution is 2.26. The first-order chi connectivity index (χ1) is 13.6. The molecule has 0 atom stereocenters. The normalized spacial score (nSPS) is 10.2. The Bertz CT molecular complexity index is 1100. The molecule has 0 spiro atoms. The van der Waals surface area contributed by atoms with Crippen molar-refractivity contribution >= 4 is 5.97 Å². The van der Waals surface area contributed by atoms with Gasteiger partial charge in [-0.2, -0.15) is 15.0 Å². The Morgan fingerprint density at radius 1 is 1.14 bits per heavy atom. The summed E-state index contributed by atoms with van der Waals surface area (Å²) in [6, 6.07) is 17.2. The molecule has 28 heavy (non-hydrogen) atoms.